The van der Waals surface area contributed by atoms with Crippen LogP contribution in [-0.4, -0.2) is 59.5 Å². The Labute approximate surface area is 190 Å². The minimum absolute atomic E-state index is 0.00968. The van der Waals surface area contributed by atoms with Gasteiger partial charge in [-0.1, -0.05) is 30.3 Å². The molecule has 0 aliphatic carbocycles. The van der Waals surface area contributed by atoms with Crippen LogP contribution in [0, 0.1) is 5.82 Å². The van der Waals surface area contributed by atoms with E-state index in [-0.39, 0.29) is 23.6 Å². The van der Waals surface area contributed by atoms with Gasteiger partial charge in [0.15, 0.2) is 5.82 Å². The number of halogens is 1. The fraction of sp³-hybridized carbons (Fsp3) is 0.250. The summed E-state index contributed by atoms with van der Waals surface area (Å²) < 4.78 is 19.5. The van der Waals surface area contributed by atoms with Crippen molar-refractivity contribution in [1.29, 1.82) is 0 Å². The van der Waals surface area contributed by atoms with Gasteiger partial charge in [0.1, 0.15) is 5.82 Å². The zero-order chi connectivity index (χ0) is 23.0. The quantitative estimate of drug-likeness (QED) is 0.575. The molecule has 2 aromatic carbocycles. The highest BCUT2D eigenvalue weighted by molar-refractivity contribution is 6.04. The molecule has 0 bridgehead atoms. The van der Waals surface area contributed by atoms with Crippen LogP contribution in [-0.2, 0) is 9.53 Å². The third-order valence-electron chi connectivity index (χ3n) is 5.20. The van der Waals surface area contributed by atoms with Crippen molar-refractivity contribution in [1.82, 2.24) is 14.9 Å². The molecule has 1 saturated heterocycles. The molecule has 0 spiro atoms. The Morgan fingerprint density at radius 2 is 1.73 bits per heavy atom. The fourth-order valence-corrected chi connectivity index (χ4v) is 3.38. The van der Waals surface area contributed by atoms with Gasteiger partial charge in [-0.05, 0) is 18.2 Å². The normalized spacial score (nSPS) is 14.0. The highest BCUT2D eigenvalue weighted by Crippen LogP contribution is 2.21. The van der Waals surface area contributed by atoms with Crippen LogP contribution in [0.25, 0.3) is 11.4 Å². The number of nitrogens with zero attached hydrogens (tertiary/aromatic N) is 3. The Morgan fingerprint density at radius 1 is 1.00 bits per heavy atom. The molecule has 0 radical (unpaired) electrons. The first kappa shape index (κ1) is 22.5. The van der Waals surface area contributed by atoms with E-state index in [9.17, 15) is 14.0 Å². The van der Waals surface area contributed by atoms with Crippen LogP contribution in [0.15, 0.2) is 60.9 Å². The predicted octanol–water partition coefficient (Wildman–Crippen LogP) is 3.20. The first-order valence-corrected chi connectivity index (χ1v) is 10.7. The van der Waals surface area contributed by atoms with Gasteiger partial charge in [0.2, 0.25) is 5.91 Å². The van der Waals surface area contributed by atoms with Crippen LogP contribution < -0.4 is 10.6 Å². The van der Waals surface area contributed by atoms with Gasteiger partial charge in [-0.25, -0.2) is 14.4 Å². The van der Waals surface area contributed by atoms with Gasteiger partial charge in [0.05, 0.1) is 24.5 Å². The number of carbonyl (C=O) groups is 2. The van der Waals surface area contributed by atoms with Gasteiger partial charge in [0, 0.05) is 49.7 Å². The number of hydrogen-bond donors (Lipinski definition) is 2. The van der Waals surface area contributed by atoms with E-state index in [1.807, 2.05) is 30.3 Å². The number of rotatable bonds is 7. The molecule has 2 amide bonds. The number of nitrogens with one attached hydrogen (secondary N) is 2. The van der Waals surface area contributed by atoms with Gasteiger partial charge < -0.3 is 15.4 Å². The monoisotopic (exact) mass is 449 g/mol. The third kappa shape index (κ3) is 6.18. The number of hydrogen-bond acceptors (Lipinski definition) is 6. The van der Waals surface area contributed by atoms with Crippen LogP contribution in [0.1, 0.15) is 16.8 Å². The highest BCUT2D eigenvalue weighted by atomic mass is 19.1. The summed E-state index contributed by atoms with van der Waals surface area (Å²) in [6.07, 6.45) is 3.10. The molecule has 8 nitrogen and oxygen atoms in total. The second-order valence-corrected chi connectivity index (χ2v) is 7.56. The summed E-state index contributed by atoms with van der Waals surface area (Å²) in [5.41, 5.74) is 1.46. The van der Waals surface area contributed by atoms with E-state index in [4.69, 9.17) is 4.74 Å². The lowest BCUT2D eigenvalue weighted by Gasteiger charge is -2.26. The average molecular weight is 449 g/mol. The second kappa shape index (κ2) is 10.8. The topological polar surface area (TPSA) is 96.5 Å². The largest absolute Gasteiger partial charge is 0.379 e. The number of aromatic nitrogens is 2. The fourth-order valence-electron chi connectivity index (χ4n) is 3.38. The Kier molecular flexibility index (Phi) is 7.33. The van der Waals surface area contributed by atoms with Gasteiger partial charge >= 0.3 is 0 Å². The van der Waals surface area contributed by atoms with Crippen LogP contribution >= 0.6 is 0 Å². The molecule has 170 valence electrons. The van der Waals surface area contributed by atoms with Crippen LogP contribution in [0.2, 0.25) is 0 Å². The SMILES string of the molecule is O=C(CCN1CCOCC1)Nc1cc(NC(=O)c2cnc(-c3ccccc3)nc2)ccc1F. The minimum atomic E-state index is -0.580. The van der Waals surface area contributed by atoms with Crippen molar-refractivity contribution in [2.45, 2.75) is 6.42 Å². The Morgan fingerprint density at radius 3 is 2.45 bits per heavy atom. The van der Waals surface area contributed by atoms with Crippen LogP contribution in [0.3, 0.4) is 0 Å². The van der Waals surface area contributed by atoms with E-state index in [1.165, 1.54) is 30.6 Å². The predicted molar refractivity (Wildman–Crippen MR) is 122 cm³/mol. The molecule has 4 rings (SSSR count). The number of benzene rings is 2. The third-order valence-corrected chi connectivity index (χ3v) is 5.20. The number of amides is 2. The van der Waals surface area contributed by atoms with Crippen molar-refractivity contribution in [2.24, 2.45) is 0 Å². The first-order valence-electron chi connectivity index (χ1n) is 10.7. The number of ether oxygens (including phenoxy) is 1. The summed E-state index contributed by atoms with van der Waals surface area (Å²) in [5, 5.41) is 5.26. The average Bonchev–Trinajstić information content (AvgIpc) is 2.86. The summed E-state index contributed by atoms with van der Waals surface area (Å²) in [7, 11) is 0. The molecule has 0 unspecified atom stereocenters. The lowest BCUT2D eigenvalue weighted by atomic mass is 10.2. The first-order chi connectivity index (χ1) is 16.1. The zero-order valence-electron chi connectivity index (χ0n) is 18.0. The molecule has 3 aromatic rings. The van der Waals surface area contributed by atoms with E-state index >= 15 is 0 Å². The van der Waals surface area contributed by atoms with Crippen molar-refractivity contribution in [2.75, 3.05) is 43.5 Å². The molecule has 0 saturated carbocycles. The number of carbonyl (C=O) groups excluding carboxylic acids is 2. The van der Waals surface area contributed by atoms with Crippen molar-refractivity contribution >= 4 is 23.2 Å². The molecule has 1 aliphatic rings. The van der Waals surface area contributed by atoms with Crippen molar-refractivity contribution in [3.8, 4) is 11.4 Å². The Hall–Kier alpha value is -3.69. The van der Waals surface area contributed by atoms with E-state index in [0.29, 0.717) is 31.3 Å². The molecular formula is C24H24FN5O3. The molecule has 1 fully saturated rings. The van der Waals surface area contributed by atoms with E-state index in [1.54, 1.807) is 0 Å². The molecule has 2 heterocycles. The summed E-state index contributed by atoms with van der Waals surface area (Å²) >= 11 is 0. The minimum Gasteiger partial charge on any atom is -0.379 e. The van der Waals surface area contributed by atoms with Crippen molar-refractivity contribution < 1.29 is 18.7 Å². The molecule has 9 heteroatoms. The lowest BCUT2D eigenvalue weighted by molar-refractivity contribution is -0.116. The molecule has 0 atom stereocenters. The summed E-state index contributed by atoms with van der Waals surface area (Å²) in [4.78, 5) is 35.4. The number of morpholine rings is 1. The van der Waals surface area contributed by atoms with E-state index in [0.717, 1.165) is 18.7 Å². The maximum absolute atomic E-state index is 14.2. The summed E-state index contributed by atoms with van der Waals surface area (Å²) in [6.45, 7) is 3.43. The van der Waals surface area contributed by atoms with Gasteiger partial charge in [0.25, 0.3) is 5.91 Å². The summed E-state index contributed by atoms with van der Waals surface area (Å²) in [5.74, 6) is -0.807. The van der Waals surface area contributed by atoms with Crippen molar-refractivity contribution in [3.63, 3.8) is 0 Å². The zero-order valence-corrected chi connectivity index (χ0v) is 18.0. The standard InChI is InChI=1S/C24H24FN5O3/c25-20-7-6-19(14-21(20)29-22(31)8-9-30-10-12-33-13-11-30)28-24(32)18-15-26-23(27-16-18)17-4-2-1-3-5-17/h1-7,14-16H,8-13H2,(H,28,32)(H,29,31). The molecule has 33 heavy (non-hydrogen) atoms. The maximum atomic E-state index is 14.2. The molecule has 1 aliphatic heterocycles. The number of anilines is 2. The highest BCUT2D eigenvalue weighted by Gasteiger charge is 2.14. The smallest absolute Gasteiger partial charge is 0.258 e. The Bertz CT molecular complexity index is 1100. The van der Waals surface area contributed by atoms with E-state index < -0.39 is 11.7 Å². The van der Waals surface area contributed by atoms with Gasteiger partial charge in [-0.15, -0.1) is 0 Å². The van der Waals surface area contributed by atoms with Crippen molar-refractivity contribution in [3.05, 3.63) is 72.3 Å². The van der Waals surface area contributed by atoms with Gasteiger partial charge in [-0.3, -0.25) is 14.5 Å². The van der Waals surface area contributed by atoms with Crippen LogP contribution in [0.5, 0.6) is 0 Å². The van der Waals surface area contributed by atoms with E-state index in [2.05, 4.69) is 25.5 Å². The Balaban J connectivity index is 1.35. The molecule has 2 N–H and O–H groups in total. The molecule has 1 aromatic heterocycles. The van der Waals surface area contributed by atoms with Gasteiger partial charge in [-0.2, -0.15) is 0 Å². The second-order valence-electron chi connectivity index (χ2n) is 7.56. The maximum Gasteiger partial charge on any atom is 0.258 e. The van der Waals surface area contributed by atoms with Crippen LogP contribution in [0.4, 0.5) is 15.8 Å². The summed E-state index contributed by atoms with van der Waals surface area (Å²) in [6, 6.07) is 13.4. The lowest BCUT2D eigenvalue weighted by Crippen LogP contribution is -2.38. The molecular weight excluding hydrogens is 425 g/mol.